The van der Waals surface area contributed by atoms with E-state index in [1.165, 1.54) is 48.5 Å². The van der Waals surface area contributed by atoms with E-state index in [2.05, 4.69) is 26.3 Å². The molecule has 0 spiro atoms. The number of pyridine rings is 1. The van der Waals surface area contributed by atoms with Crippen LogP contribution in [0.1, 0.15) is 25.3 Å². The van der Waals surface area contributed by atoms with E-state index >= 15 is 0 Å². The van der Waals surface area contributed by atoms with Gasteiger partial charge in [-0.2, -0.15) is 0 Å². The van der Waals surface area contributed by atoms with E-state index in [0.717, 1.165) is 0 Å². The van der Waals surface area contributed by atoms with Gasteiger partial charge in [-0.3, -0.25) is 5.32 Å². The molecule has 2 aromatic carbocycles. The fourth-order valence-corrected chi connectivity index (χ4v) is 3.98. The number of urea groups is 2. The van der Waals surface area contributed by atoms with Crippen molar-refractivity contribution in [3.63, 3.8) is 0 Å². The second-order valence-electron chi connectivity index (χ2n) is 8.85. The number of hydrogen-bond donors (Lipinski definition) is 4. The van der Waals surface area contributed by atoms with Gasteiger partial charge in [-0.05, 0) is 61.0 Å². The molecule has 4 N–H and O–H groups in total. The van der Waals surface area contributed by atoms with Gasteiger partial charge in [-0.25, -0.2) is 28.1 Å². The zero-order valence-corrected chi connectivity index (χ0v) is 22.9. The lowest BCUT2D eigenvalue weighted by molar-refractivity contribution is 0.113. The molecule has 3 aromatic rings. The number of nitrogens with one attached hydrogen (secondary N) is 4. The third kappa shape index (κ3) is 8.94. The van der Waals surface area contributed by atoms with Gasteiger partial charge < -0.3 is 25.6 Å². The molecule has 0 aliphatic heterocycles. The number of nitrogens with zero attached hydrogens (tertiary/aromatic N) is 2. The zero-order valence-electron chi connectivity index (χ0n) is 22.1. The van der Waals surface area contributed by atoms with Gasteiger partial charge in [0, 0.05) is 38.3 Å². The van der Waals surface area contributed by atoms with Crippen LogP contribution in [0.25, 0.3) is 10.8 Å². The van der Waals surface area contributed by atoms with Crippen molar-refractivity contribution in [2.24, 2.45) is 0 Å². The molecule has 1 aromatic heterocycles. The number of fused-ring (bicyclic) bond motifs is 1. The molecule has 0 saturated carbocycles. The van der Waals surface area contributed by atoms with Gasteiger partial charge in [-0.15, -0.1) is 0 Å². The topological polar surface area (TPSA) is 125 Å². The summed E-state index contributed by atoms with van der Waals surface area (Å²) in [5.74, 6) is -0.841. The quantitative estimate of drug-likeness (QED) is 0.238. The number of hydrogen-bond acceptors (Lipinski definition) is 5. The Bertz CT molecular complexity index is 1350. The van der Waals surface area contributed by atoms with Crippen molar-refractivity contribution in [2.75, 3.05) is 32.1 Å². The Labute approximate surface area is 235 Å². The number of amides is 5. The Kier molecular flexibility index (Phi) is 11.2. The monoisotopic (exact) mass is 576 g/mol. The molecule has 0 fully saturated rings. The fourth-order valence-electron chi connectivity index (χ4n) is 3.79. The van der Waals surface area contributed by atoms with Crippen molar-refractivity contribution in [3.05, 3.63) is 70.9 Å². The van der Waals surface area contributed by atoms with Crippen LogP contribution in [0, 0.1) is 11.6 Å². The van der Waals surface area contributed by atoms with Gasteiger partial charge in [-0.1, -0.05) is 23.7 Å². The van der Waals surface area contributed by atoms with Gasteiger partial charge in [0.1, 0.15) is 24.1 Å². The summed E-state index contributed by atoms with van der Waals surface area (Å²) in [5, 5.41) is 11.7. The average molecular weight is 577 g/mol. The van der Waals surface area contributed by atoms with E-state index in [1.54, 1.807) is 19.1 Å². The molecule has 0 aliphatic carbocycles. The normalized spacial score (nSPS) is 11.4. The van der Waals surface area contributed by atoms with E-state index in [1.807, 2.05) is 0 Å². The highest BCUT2D eigenvalue weighted by Crippen LogP contribution is 2.20. The van der Waals surface area contributed by atoms with Crippen LogP contribution in [-0.2, 0) is 11.3 Å². The van der Waals surface area contributed by atoms with Crippen molar-refractivity contribution >= 4 is 46.3 Å². The second-order valence-corrected chi connectivity index (χ2v) is 9.23. The maximum atomic E-state index is 13.7. The predicted octanol–water partition coefficient (Wildman–Crippen LogP) is 5.02. The van der Waals surface area contributed by atoms with E-state index in [0.29, 0.717) is 42.3 Å². The Hall–Kier alpha value is -4.19. The van der Waals surface area contributed by atoms with Crippen molar-refractivity contribution in [1.29, 1.82) is 0 Å². The molecule has 5 amide bonds. The van der Waals surface area contributed by atoms with Crippen LogP contribution in [0.3, 0.4) is 0 Å². The third-order valence-electron chi connectivity index (χ3n) is 5.99. The summed E-state index contributed by atoms with van der Waals surface area (Å²) in [6.07, 6.45) is 1.56. The summed E-state index contributed by atoms with van der Waals surface area (Å²) in [7, 11) is 1.53. The minimum atomic E-state index is -0.811. The number of halogens is 3. The first-order valence-electron chi connectivity index (χ1n) is 12.6. The van der Waals surface area contributed by atoms with Crippen molar-refractivity contribution < 1.29 is 27.9 Å². The van der Waals surface area contributed by atoms with Gasteiger partial charge >= 0.3 is 18.2 Å². The third-order valence-corrected chi connectivity index (χ3v) is 6.41. The SMILES string of the molecule is CCNC(=O)NCCC[C@@H](COC(=O)Nc1cc2cc(F)ccc2cn1)N(C)C(=O)NCc1cccc(F)c1Cl. The molecule has 1 heterocycles. The summed E-state index contributed by atoms with van der Waals surface area (Å²) in [5.41, 5.74) is 0.407. The van der Waals surface area contributed by atoms with Gasteiger partial charge in [0.05, 0.1) is 11.1 Å². The lowest BCUT2D eigenvalue weighted by Gasteiger charge is -2.28. The molecular formula is C27H31ClF2N6O4. The number of anilines is 1. The number of benzene rings is 2. The first-order chi connectivity index (χ1) is 19.2. The van der Waals surface area contributed by atoms with Gasteiger partial charge in [0.25, 0.3) is 0 Å². The predicted molar refractivity (Wildman–Crippen MR) is 148 cm³/mol. The van der Waals surface area contributed by atoms with Crippen molar-refractivity contribution in [3.8, 4) is 0 Å². The van der Waals surface area contributed by atoms with E-state index < -0.39 is 29.8 Å². The summed E-state index contributed by atoms with van der Waals surface area (Å²) in [6.45, 7) is 2.44. The van der Waals surface area contributed by atoms with Gasteiger partial charge in [0.15, 0.2) is 0 Å². The first kappa shape index (κ1) is 30.4. The van der Waals surface area contributed by atoms with Crippen molar-refractivity contribution in [1.82, 2.24) is 25.8 Å². The second kappa shape index (κ2) is 14.8. The number of ether oxygens (including phenoxy) is 1. The first-order valence-corrected chi connectivity index (χ1v) is 13.0. The number of carbonyl (C=O) groups is 3. The molecule has 1 atom stereocenters. The summed E-state index contributed by atoms with van der Waals surface area (Å²) >= 11 is 5.97. The minimum absolute atomic E-state index is 0.0131. The maximum Gasteiger partial charge on any atom is 0.412 e. The minimum Gasteiger partial charge on any atom is -0.447 e. The van der Waals surface area contributed by atoms with Crippen LogP contribution >= 0.6 is 11.6 Å². The molecule has 40 heavy (non-hydrogen) atoms. The zero-order chi connectivity index (χ0) is 29.1. The van der Waals surface area contributed by atoms with Crippen LogP contribution in [0.5, 0.6) is 0 Å². The van der Waals surface area contributed by atoms with Crippen LogP contribution in [0.2, 0.25) is 5.02 Å². The Morgan fingerprint density at radius 2 is 1.88 bits per heavy atom. The molecule has 0 radical (unpaired) electrons. The van der Waals surface area contributed by atoms with Crippen molar-refractivity contribution in [2.45, 2.75) is 32.4 Å². The van der Waals surface area contributed by atoms with E-state index in [4.69, 9.17) is 16.3 Å². The summed E-state index contributed by atoms with van der Waals surface area (Å²) in [4.78, 5) is 42.5. The largest absolute Gasteiger partial charge is 0.447 e. The Morgan fingerprint density at radius 1 is 1.07 bits per heavy atom. The van der Waals surface area contributed by atoms with E-state index in [-0.39, 0.29) is 30.0 Å². The van der Waals surface area contributed by atoms with Crippen LogP contribution < -0.4 is 21.3 Å². The molecule has 10 nitrogen and oxygen atoms in total. The average Bonchev–Trinajstić information content (AvgIpc) is 2.92. The summed E-state index contributed by atoms with van der Waals surface area (Å²) < 4.78 is 32.7. The Morgan fingerprint density at radius 3 is 2.65 bits per heavy atom. The lowest BCUT2D eigenvalue weighted by atomic mass is 10.1. The molecule has 214 valence electrons. The molecule has 3 rings (SSSR count). The lowest BCUT2D eigenvalue weighted by Crippen LogP contribution is -2.46. The Balaban J connectivity index is 1.60. The number of aromatic nitrogens is 1. The molecular weight excluding hydrogens is 546 g/mol. The molecule has 0 bridgehead atoms. The highest BCUT2D eigenvalue weighted by molar-refractivity contribution is 6.31. The van der Waals surface area contributed by atoms with Crippen LogP contribution in [0.4, 0.5) is 29.0 Å². The fraction of sp³-hybridized carbons (Fsp3) is 0.333. The number of rotatable bonds is 11. The summed E-state index contributed by atoms with van der Waals surface area (Å²) in [6, 6.07) is 8.67. The highest BCUT2D eigenvalue weighted by Gasteiger charge is 2.22. The van der Waals surface area contributed by atoms with E-state index in [9.17, 15) is 23.2 Å². The number of carbonyl (C=O) groups excluding carboxylic acids is 3. The smallest absolute Gasteiger partial charge is 0.412 e. The molecule has 0 unspecified atom stereocenters. The highest BCUT2D eigenvalue weighted by atomic mass is 35.5. The molecule has 0 saturated heterocycles. The molecule has 13 heteroatoms. The number of likely N-dealkylation sites (N-methyl/N-ethyl adjacent to an activating group) is 1. The van der Waals surface area contributed by atoms with Crippen LogP contribution in [0.15, 0.2) is 48.7 Å². The standard InChI is InChI=1S/C27H31ClF2N6O4/c1-3-31-25(37)32-11-5-7-21(36(2)26(38)34-15-18-6-4-8-22(30)24(18)28)16-40-27(39)35-23-13-19-12-20(29)10-9-17(19)14-33-23/h4,6,8-10,12-14,21H,3,5,7,11,15-16H2,1-2H3,(H,34,38)(H2,31,32,37)(H,33,35,39)/t21-/m0/s1. The van der Waals surface area contributed by atoms with Crippen LogP contribution in [-0.4, -0.2) is 60.8 Å². The molecule has 0 aliphatic rings. The maximum absolute atomic E-state index is 13.7. The van der Waals surface area contributed by atoms with Gasteiger partial charge in [0.2, 0.25) is 0 Å².